The summed E-state index contributed by atoms with van der Waals surface area (Å²) in [6.45, 7) is 16.9. The van der Waals surface area contributed by atoms with Gasteiger partial charge in [-0.2, -0.15) is 0 Å². The fraction of sp³-hybridized carbons (Fsp3) is 0.900. The number of aliphatic hydroxyl groups excluding tert-OH is 1. The topological polar surface area (TPSA) is 57.5 Å². The summed E-state index contributed by atoms with van der Waals surface area (Å²) in [6.07, 6.45) is 12.6. The molecule has 0 bridgehead atoms. The van der Waals surface area contributed by atoms with Gasteiger partial charge in [-0.15, -0.1) is 0 Å². The summed E-state index contributed by atoms with van der Waals surface area (Å²) in [5.41, 5.74) is 1.68. The molecule has 3 heteroatoms. The van der Waals surface area contributed by atoms with Gasteiger partial charge in [0.2, 0.25) is 0 Å². The molecule has 3 nitrogen and oxygen atoms in total. The molecule has 0 aromatic carbocycles. The van der Waals surface area contributed by atoms with Crippen LogP contribution in [0.15, 0.2) is 11.6 Å². The van der Waals surface area contributed by atoms with Crippen LogP contribution in [0, 0.1) is 50.2 Å². The maximum Gasteiger partial charge on any atom is 0.310 e. The van der Waals surface area contributed by atoms with Crippen LogP contribution >= 0.6 is 0 Å². The maximum atomic E-state index is 12.8. The number of carbonyl (C=O) groups is 1. The van der Waals surface area contributed by atoms with E-state index in [2.05, 4.69) is 54.5 Å². The molecule has 33 heavy (non-hydrogen) atoms. The Bertz CT molecular complexity index is 885. The van der Waals surface area contributed by atoms with Gasteiger partial charge >= 0.3 is 5.97 Å². The smallest absolute Gasteiger partial charge is 0.310 e. The highest BCUT2D eigenvalue weighted by Gasteiger charge is 2.69. The molecule has 4 saturated carbocycles. The molecule has 186 valence electrons. The quantitative estimate of drug-likeness (QED) is 0.409. The Morgan fingerprint density at radius 2 is 1.55 bits per heavy atom. The van der Waals surface area contributed by atoms with Crippen molar-refractivity contribution in [3.05, 3.63) is 11.6 Å². The minimum atomic E-state index is -0.553. The summed E-state index contributed by atoms with van der Waals surface area (Å²) in [4.78, 5) is 12.8. The molecule has 8 atom stereocenters. The molecule has 0 amide bonds. The van der Waals surface area contributed by atoms with Crippen molar-refractivity contribution in [2.45, 2.75) is 119 Å². The molecular formula is C30H48O3. The second-order valence-corrected chi connectivity index (χ2v) is 15.1. The molecule has 2 N–H and O–H groups in total. The van der Waals surface area contributed by atoms with Gasteiger partial charge in [-0.25, -0.2) is 0 Å². The number of hydrogen-bond acceptors (Lipinski definition) is 2. The second-order valence-electron chi connectivity index (χ2n) is 15.1. The molecule has 0 saturated heterocycles. The van der Waals surface area contributed by atoms with Gasteiger partial charge in [-0.05, 0) is 109 Å². The molecule has 0 aromatic rings. The van der Waals surface area contributed by atoms with Gasteiger partial charge in [0.05, 0.1) is 11.5 Å². The number of rotatable bonds is 1. The Morgan fingerprint density at radius 1 is 0.879 bits per heavy atom. The second kappa shape index (κ2) is 6.89. The third-order valence-electron chi connectivity index (χ3n) is 13.0. The van der Waals surface area contributed by atoms with Crippen LogP contribution in [0.5, 0.6) is 0 Å². The van der Waals surface area contributed by atoms with E-state index in [0.717, 1.165) is 51.4 Å². The lowest BCUT2D eigenvalue weighted by Crippen LogP contribution is -2.65. The number of aliphatic carboxylic acids is 1. The molecule has 5 aliphatic rings. The van der Waals surface area contributed by atoms with Crippen LogP contribution in [0.3, 0.4) is 0 Å². The van der Waals surface area contributed by atoms with Crippen molar-refractivity contribution in [1.29, 1.82) is 0 Å². The van der Waals surface area contributed by atoms with Crippen LogP contribution in [0.25, 0.3) is 0 Å². The lowest BCUT2D eigenvalue weighted by molar-refractivity contribution is -0.205. The van der Waals surface area contributed by atoms with Gasteiger partial charge in [0.1, 0.15) is 0 Å². The van der Waals surface area contributed by atoms with Gasteiger partial charge in [0, 0.05) is 0 Å². The molecular weight excluding hydrogens is 408 g/mol. The van der Waals surface area contributed by atoms with Crippen LogP contribution in [0.2, 0.25) is 0 Å². The first kappa shape index (κ1) is 23.9. The first-order valence-corrected chi connectivity index (χ1v) is 13.8. The van der Waals surface area contributed by atoms with E-state index in [4.69, 9.17) is 0 Å². The van der Waals surface area contributed by atoms with Crippen molar-refractivity contribution >= 4 is 5.97 Å². The summed E-state index contributed by atoms with van der Waals surface area (Å²) in [5, 5.41) is 21.4. The molecule has 0 heterocycles. The number of hydrogen-bond donors (Lipinski definition) is 2. The van der Waals surface area contributed by atoms with Gasteiger partial charge in [0.15, 0.2) is 0 Å². The lowest BCUT2D eigenvalue weighted by Gasteiger charge is -2.71. The Balaban J connectivity index is 1.60. The minimum Gasteiger partial charge on any atom is -0.481 e. The molecule has 5 rings (SSSR count). The van der Waals surface area contributed by atoms with E-state index < -0.39 is 11.4 Å². The zero-order chi connectivity index (χ0) is 24.2. The summed E-state index contributed by atoms with van der Waals surface area (Å²) < 4.78 is 0. The van der Waals surface area contributed by atoms with E-state index in [1.165, 1.54) is 18.4 Å². The zero-order valence-corrected chi connectivity index (χ0v) is 22.3. The standard InChI is InChI=1S/C30H48O3/c1-25(2)14-16-30(24(32)33)17-15-28(6)19(20(30)18-25)8-9-22-27(5)12-11-23(31)26(3,4)21(27)10-13-29(22,28)7/h8,20-23,31H,9-18H2,1-7H3,(H,32,33)/t20-,21-,22-,23-,27-,28-,29-,30+/m0/s1. The average molecular weight is 457 g/mol. The largest absolute Gasteiger partial charge is 0.481 e. The van der Waals surface area contributed by atoms with E-state index in [0.29, 0.717) is 11.8 Å². The van der Waals surface area contributed by atoms with Crippen LogP contribution in [0.1, 0.15) is 113 Å². The van der Waals surface area contributed by atoms with Crippen molar-refractivity contribution in [2.75, 3.05) is 0 Å². The van der Waals surface area contributed by atoms with Crippen LogP contribution in [-0.4, -0.2) is 22.3 Å². The normalized spacial score (nSPS) is 52.4. The summed E-state index contributed by atoms with van der Waals surface area (Å²) >= 11 is 0. The number of aliphatic hydroxyl groups is 1. The zero-order valence-electron chi connectivity index (χ0n) is 22.3. The van der Waals surface area contributed by atoms with Crippen LogP contribution in [-0.2, 0) is 4.79 Å². The number of allylic oxidation sites excluding steroid dienone is 2. The Morgan fingerprint density at radius 3 is 2.21 bits per heavy atom. The Labute approximate surface area is 201 Å². The molecule has 4 fully saturated rings. The SMILES string of the molecule is CC1(C)CC[C@@]2(C(=O)O)CC[C@@]3(C)C(=CC[C@H]4[C@@]5(C)CC[C@H](O)C(C)(C)[C@@H]5CC[C@@]43C)[C@@H]2C1. The molecule has 0 unspecified atom stereocenters. The lowest BCUT2D eigenvalue weighted by atomic mass is 9.33. The summed E-state index contributed by atoms with van der Waals surface area (Å²) in [6, 6.07) is 0. The first-order valence-electron chi connectivity index (χ1n) is 13.8. The first-order chi connectivity index (χ1) is 15.1. The van der Waals surface area contributed by atoms with E-state index in [1.807, 2.05) is 0 Å². The molecule has 0 spiro atoms. The third kappa shape index (κ3) is 2.87. The Hall–Kier alpha value is -0.830. The van der Waals surface area contributed by atoms with Crippen LogP contribution < -0.4 is 0 Å². The van der Waals surface area contributed by atoms with Gasteiger partial charge in [-0.3, -0.25) is 4.79 Å². The fourth-order valence-corrected chi connectivity index (χ4v) is 10.6. The number of carboxylic acid groups (broad SMARTS) is 1. The predicted octanol–water partition coefficient (Wildman–Crippen LogP) is 7.23. The highest BCUT2D eigenvalue weighted by molar-refractivity contribution is 5.76. The minimum absolute atomic E-state index is 0.0301. The van der Waals surface area contributed by atoms with Gasteiger partial charge in [-0.1, -0.05) is 60.1 Å². The summed E-state index contributed by atoms with van der Waals surface area (Å²) in [5.74, 6) is 0.807. The fourth-order valence-electron chi connectivity index (χ4n) is 10.6. The van der Waals surface area contributed by atoms with Gasteiger partial charge < -0.3 is 10.2 Å². The van der Waals surface area contributed by atoms with Crippen molar-refractivity contribution in [2.24, 2.45) is 50.2 Å². The molecule has 0 aliphatic heterocycles. The van der Waals surface area contributed by atoms with E-state index >= 15 is 0 Å². The van der Waals surface area contributed by atoms with E-state index in [9.17, 15) is 15.0 Å². The van der Waals surface area contributed by atoms with Gasteiger partial charge in [0.25, 0.3) is 0 Å². The summed E-state index contributed by atoms with van der Waals surface area (Å²) in [7, 11) is 0. The molecule has 0 radical (unpaired) electrons. The molecule has 0 aromatic heterocycles. The Kier molecular flexibility index (Phi) is 4.99. The average Bonchev–Trinajstić information content (AvgIpc) is 2.71. The predicted molar refractivity (Wildman–Crippen MR) is 133 cm³/mol. The van der Waals surface area contributed by atoms with Crippen molar-refractivity contribution in [3.63, 3.8) is 0 Å². The van der Waals surface area contributed by atoms with E-state index in [1.54, 1.807) is 0 Å². The van der Waals surface area contributed by atoms with Crippen LogP contribution in [0.4, 0.5) is 0 Å². The monoisotopic (exact) mass is 456 g/mol. The maximum absolute atomic E-state index is 12.8. The van der Waals surface area contributed by atoms with Crippen molar-refractivity contribution < 1.29 is 15.0 Å². The number of fused-ring (bicyclic) bond motifs is 7. The van der Waals surface area contributed by atoms with Crippen molar-refractivity contribution in [1.82, 2.24) is 0 Å². The van der Waals surface area contributed by atoms with E-state index in [-0.39, 0.29) is 39.1 Å². The highest BCUT2D eigenvalue weighted by atomic mass is 16.4. The number of carboxylic acids is 1. The molecule has 5 aliphatic carbocycles. The third-order valence-corrected chi connectivity index (χ3v) is 13.0. The highest BCUT2D eigenvalue weighted by Crippen LogP contribution is 2.75. The van der Waals surface area contributed by atoms with Crippen molar-refractivity contribution in [3.8, 4) is 0 Å².